The summed E-state index contributed by atoms with van der Waals surface area (Å²) in [5, 5.41) is 2.83. The van der Waals surface area contributed by atoms with Gasteiger partial charge in [0.05, 0.1) is 11.3 Å². The molecule has 3 rings (SSSR count). The lowest BCUT2D eigenvalue weighted by atomic mass is 10.1. The first-order chi connectivity index (χ1) is 11.5. The van der Waals surface area contributed by atoms with Crippen molar-refractivity contribution in [3.8, 4) is 0 Å². The van der Waals surface area contributed by atoms with E-state index in [-0.39, 0.29) is 11.7 Å². The molecule has 0 saturated carbocycles. The molecule has 0 saturated heterocycles. The highest BCUT2D eigenvalue weighted by atomic mass is 16.1. The SMILES string of the molecule is CCc1nc2ccc(C(=O)Nc3cccc(C(C)=O)c3)cn2c1C. The van der Waals surface area contributed by atoms with E-state index in [1.54, 1.807) is 36.5 Å². The predicted molar refractivity (Wildman–Crippen MR) is 93.7 cm³/mol. The van der Waals surface area contributed by atoms with Gasteiger partial charge in [-0.25, -0.2) is 4.98 Å². The first kappa shape index (κ1) is 15.9. The van der Waals surface area contributed by atoms with Gasteiger partial charge in [0.15, 0.2) is 5.78 Å². The van der Waals surface area contributed by atoms with E-state index in [0.29, 0.717) is 16.8 Å². The molecule has 2 heterocycles. The molecule has 0 spiro atoms. The molecule has 2 aromatic heterocycles. The van der Waals surface area contributed by atoms with E-state index in [4.69, 9.17) is 0 Å². The van der Waals surface area contributed by atoms with E-state index >= 15 is 0 Å². The Bertz CT molecular complexity index is 941. The molecule has 1 aromatic carbocycles. The van der Waals surface area contributed by atoms with Gasteiger partial charge in [0.2, 0.25) is 0 Å². The van der Waals surface area contributed by atoms with Crippen molar-refractivity contribution < 1.29 is 9.59 Å². The summed E-state index contributed by atoms with van der Waals surface area (Å²) in [6.07, 6.45) is 2.65. The predicted octanol–water partition coefficient (Wildman–Crippen LogP) is 3.66. The number of nitrogens with zero attached hydrogens (tertiary/aromatic N) is 2. The molecular formula is C19H19N3O2. The van der Waals surface area contributed by atoms with E-state index < -0.39 is 0 Å². The molecule has 5 heteroatoms. The number of imidazole rings is 1. The maximum Gasteiger partial charge on any atom is 0.257 e. The molecule has 0 atom stereocenters. The number of amides is 1. The van der Waals surface area contributed by atoms with Crippen LogP contribution in [0.1, 0.15) is 46.0 Å². The number of ketones is 1. The number of hydrogen-bond donors (Lipinski definition) is 1. The first-order valence-corrected chi connectivity index (χ1v) is 7.89. The largest absolute Gasteiger partial charge is 0.322 e. The average molecular weight is 321 g/mol. The molecule has 3 aromatic rings. The average Bonchev–Trinajstić information content (AvgIpc) is 2.90. The Morgan fingerprint density at radius 2 is 1.96 bits per heavy atom. The number of carbonyl (C=O) groups excluding carboxylic acids is 2. The summed E-state index contributed by atoms with van der Waals surface area (Å²) >= 11 is 0. The second-order valence-electron chi connectivity index (χ2n) is 5.73. The number of aryl methyl sites for hydroxylation is 2. The van der Waals surface area contributed by atoms with Crippen molar-refractivity contribution in [2.24, 2.45) is 0 Å². The fraction of sp³-hybridized carbons (Fsp3) is 0.211. The molecule has 1 amide bonds. The van der Waals surface area contributed by atoms with E-state index in [1.807, 2.05) is 17.4 Å². The van der Waals surface area contributed by atoms with Crippen LogP contribution in [0, 0.1) is 6.92 Å². The van der Waals surface area contributed by atoms with Crippen molar-refractivity contribution >= 4 is 23.0 Å². The molecular weight excluding hydrogens is 302 g/mol. The molecule has 0 aliphatic carbocycles. The number of rotatable bonds is 4. The van der Waals surface area contributed by atoms with Crippen molar-refractivity contribution in [1.29, 1.82) is 0 Å². The van der Waals surface area contributed by atoms with Gasteiger partial charge in [-0.3, -0.25) is 9.59 Å². The lowest BCUT2D eigenvalue weighted by Gasteiger charge is -2.07. The van der Waals surface area contributed by atoms with Gasteiger partial charge >= 0.3 is 0 Å². The molecule has 24 heavy (non-hydrogen) atoms. The zero-order valence-corrected chi connectivity index (χ0v) is 14.0. The standard InChI is InChI=1S/C19H19N3O2/c1-4-17-12(2)22-11-15(8-9-18(22)21-17)19(24)20-16-7-5-6-14(10-16)13(3)23/h5-11H,4H2,1-3H3,(H,20,24). The van der Waals surface area contributed by atoms with E-state index in [9.17, 15) is 9.59 Å². The summed E-state index contributed by atoms with van der Waals surface area (Å²) in [5.41, 5.74) is 4.62. The van der Waals surface area contributed by atoms with Crippen molar-refractivity contribution in [2.75, 3.05) is 5.32 Å². The Hall–Kier alpha value is -2.95. The van der Waals surface area contributed by atoms with Crippen molar-refractivity contribution in [3.63, 3.8) is 0 Å². The van der Waals surface area contributed by atoms with Gasteiger partial charge in [-0.15, -0.1) is 0 Å². The molecule has 0 fully saturated rings. The van der Waals surface area contributed by atoms with Gasteiger partial charge in [0.1, 0.15) is 5.65 Å². The van der Waals surface area contributed by atoms with Crippen LogP contribution in [0.5, 0.6) is 0 Å². The fourth-order valence-corrected chi connectivity index (χ4v) is 2.70. The monoisotopic (exact) mass is 321 g/mol. The summed E-state index contributed by atoms with van der Waals surface area (Å²) in [5.74, 6) is -0.252. The number of Topliss-reactive ketones (excluding diaryl/α,β-unsaturated/α-hetero) is 1. The van der Waals surface area contributed by atoms with Gasteiger partial charge in [-0.05, 0) is 44.5 Å². The topological polar surface area (TPSA) is 63.5 Å². The lowest BCUT2D eigenvalue weighted by molar-refractivity contribution is 0.101. The molecule has 0 aliphatic heterocycles. The highest BCUT2D eigenvalue weighted by Gasteiger charge is 2.11. The number of pyridine rings is 1. The van der Waals surface area contributed by atoms with Crippen LogP contribution in [0.4, 0.5) is 5.69 Å². The molecule has 0 radical (unpaired) electrons. The Balaban J connectivity index is 1.90. The van der Waals surface area contributed by atoms with E-state index in [1.165, 1.54) is 6.92 Å². The maximum absolute atomic E-state index is 12.5. The second-order valence-corrected chi connectivity index (χ2v) is 5.73. The van der Waals surface area contributed by atoms with Crippen LogP contribution in [-0.2, 0) is 6.42 Å². The molecule has 5 nitrogen and oxygen atoms in total. The summed E-state index contributed by atoms with van der Waals surface area (Å²) in [6, 6.07) is 10.5. The third-order valence-corrected chi connectivity index (χ3v) is 4.08. The van der Waals surface area contributed by atoms with Gasteiger partial charge in [0.25, 0.3) is 5.91 Å². The smallest absolute Gasteiger partial charge is 0.257 e. The highest BCUT2D eigenvalue weighted by Crippen LogP contribution is 2.16. The fourth-order valence-electron chi connectivity index (χ4n) is 2.70. The number of benzene rings is 1. The normalized spacial score (nSPS) is 10.8. The summed E-state index contributed by atoms with van der Waals surface area (Å²) in [6.45, 7) is 5.56. The van der Waals surface area contributed by atoms with Gasteiger partial charge in [-0.1, -0.05) is 19.1 Å². The quantitative estimate of drug-likeness (QED) is 0.746. The van der Waals surface area contributed by atoms with Crippen LogP contribution in [0.3, 0.4) is 0 Å². The maximum atomic E-state index is 12.5. The van der Waals surface area contributed by atoms with Gasteiger partial charge in [0, 0.05) is 23.1 Å². The van der Waals surface area contributed by atoms with E-state index in [0.717, 1.165) is 23.5 Å². The minimum Gasteiger partial charge on any atom is -0.322 e. The zero-order chi connectivity index (χ0) is 17.3. The Labute approximate surface area is 140 Å². The first-order valence-electron chi connectivity index (χ1n) is 7.89. The number of fused-ring (bicyclic) bond motifs is 1. The lowest BCUT2D eigenvalue weighted by Crippen LogP contribution is -2.13. The third kappa shape index (κ3) is 2.93. The molecule has 0 aliphatic rings. The number of hydrogen-bond acceptors (Lipinski definition) is 3. The minimum absolute atomic E-state index is 0.0337. The van der Waals surface area contributed by atoms with Gasteiger partial charge < -0.3 is 9.72 Å². The number of aromatic nitrogens is 2. The van der Waals surface area contributed by atoms with Crippen LogP contribution in [0.15, 0.2) is 42.6 Å². The van der Waals surface area contributed by atoms with Crippen molar-refractivity contribution in [2.45, 2.75) is 27.2 Å². The van der Waals surface area contributed by atoms with E-state index in [2.05, 4.69) is 17.2 Å². The summed E-state index contributed by atoms with van der Waals surface area (Å²) in [4.78, 5) is 28.5. The number of anilines is 1. The highest BCUT2D eigenvalue weighted by molar-refractivity contribution is 6.05. The Kier molecular flexibility index (Phi) is 4.16. The van der Waals surface area contributed by atoms with Crippen LogP contribution in [0.2, 0.25) is 0 Å². The Morgan fingerprint density at radius 1 is 1.17 bits per heavy atom. The molecule has 0 bridgehead atoms. The van der Waals surface area contributed by atoms with Crippen LogP contribution < -0.4 is 5.32 Å². The van der Waals surface area contributed by atoms with Gasteiger partial charge in [-0.2, -0.15) is 0 Å². The minimum atomic E-state index is -0.219. The van der Waals surface area contributed by atoms with Crippen LogP contribution in [0.25, 0.3) is 5.65 Å². The van der Waals surface area contributed by atoms with Crippen molar-refractivity contribution in [1.82, 2.24) is 9.38 Å². The molecule has 0 unspecified atom stereocenters. The third-order valence-electron chi connectivity index (χ3n) is 4.08. The molecule has 122 valence electrons. The number of carbonyl (C=O) groups is 2. The van der Waals surface area contributed by atoms with Crippen LogP contribution >= 0.6 is 0 Å². The second kappa shape index (κ2) is 6.28. The summed E-state index contributed by atoms with van der Waals surface area (Å²) < 4.78 is 1.93. The summed E-state index contributed by atoms with van der Waals surface area (Å²) in [7, 11) is 0. The Morgan fingerprint density at radius 3 is 2.67 bits per heavy atom. The molecule has 1 N–H and O–H groups in total. The van der Waals surface area contributed by atoms with Crippen molar-refractivity contribution in [3.05, 3.63) is 65.1 Å². The zero-order valence-electron chi connectivity index (χ0n) is 14.0. The number of nitrogens with one attached hydrogen (secondary N) is 1. The van der Waals surface area contributed by atoms with Crippen LogP contribution in [-0.4, -0.2) is 21.1 Å².